The molecule has 1 amide bonds. The molecule has 5 heteroatoms. The molecule has 0 aliphatic carbocycles. The Balaban J connectivity index is 2.65. The molecule has 5 nitrogen and oxygen atoms in total. The molecule has 0 unspecified atom stereocenters. The van der Waals surface area contributed by atoms with Crippen molar-refractivity contribution in [1.82, 2.24) is 5.32 Å². The number of nitrogens with zero attached hydrogens (tertiary/aromatic N) is 1. The van der Waals surface area contributed by atoms with Gasteiger partial charge in [0.05, 0.1) is 12.7 Å². The van der Waals surface area contributed by atoms with Gasteiger partial charge in [0, 0.05) is 19.3 Å². The Morgan fingerprint density at radius 3 is 2.73 bits per heavy atom. The third-order valence-corrected chi connectivity index (χ3v) is 2.65. The number of carbonyl (C=O) groups is 1. The molecule has 1 saturated heterocycles. The molecule has 0 saturated carbocycles. The molecule has 0 aromatic carbocycles. The molecule has 1 heterocycles. The highest BCUT2D eigenvalue weighted by atomic mass is 16.5. The summed E-state index contributed by atoms with van der Waals surface area (Å²) in [5.41, 5.74) is -0.971. The van der Waals surface area contributed by atoms with E-state index in [9.17, 15) is 4.79 Å². The molecule has 1 aliphatic rings. The van der Waals surface area contributed by atoms with Crippen molar-refractivity contribution in [3.8, 4) is 6.07 Å². The Hall–Kier alpha value is -1.12. The minimum Gasteiger partial charge on any atom is -0.394 e. The lowest BCUT2D eigenvalue weighted by atomic mass is 9.80. The van der Waals surface area contributed by atoms with Crippen molar-refractivity contribution in [2.24, 2.45) is 5.41 Å². The van der Waals surface area contributed by atoms with E-state index >= 15 is 0 Å². The fourth-order valence-electron chi connectivity index (χ4n) is 1.52. The predicted octanol–water partition coefficient (Wildman–Crippen LogP) is -0.196. The van der Waals surface area contributed by atoms with Crippen molar-refractivity contribution >= 4 is 5.91 Å². The summed E-state index contributed by atoms with van der Waals surface area (Å²) in [7, 11) is 0. The van der Waals surface area contributed by atoms with E-state index in [2.05, 4.69) is 11.4 Å². The average Bonchev–Trinajstić information content (AvgIpc) is 2.29. The first-order valence-corrected chi connectivity index (χ1v) is 5.05. The van der Waals surface area contributed by atoms with Crippen molar-refractivity contribution in [2.45, 2.75) is 25.8 Å². The Kier molecular flexibility index (Phi) is 4.06. The first-order valence-electron chi connectivity index (χ1n) is 5.05. The molecule has 0 aromatic rings. The third-order valence-electron chi connectivity index (χ3n) is 2.65. The Morgan fingerprint density at radius 1 is 1.67 bits per heavy atom. The molecule has 84 valence electrons. The van der Waals surface area contributed by atoms with Crippen LogP contribution in [0.4, 0.5) is 0 Å². The molecule has 0 radical (unpaired) electrons. The average molecular weight is 212 g/mol. The van der Waals surface area contributed by atoms with Crippen LogP contribution in [-0.4, -0.2) is 36.9 Å². The summed E-state index contributed by atoms with van der Waals surface area (Å²) in [4.78, 5) is 11.8. The third kappa shape index (κ3) is 2.67. The summed E-state index contributed by atoms with van der Waals surface area (Å²) in [6.45, 7) is 2.45. The van der Waals surface area contributed by atoms with E-state index in [1.54, 1.807) is 6.92 Å². The van der Waals surface area contributed by atoms with E-state index < -0.39 is 5.41 Å². The lowest BCUT2D eigenvalue weighted by molar-refractivity contribution is -0.133. The molecule has 2 N–H and O–H groups in total. The summed E-state index contributed by atoms with van der Waals surface area (Å²) in [6, 6.07) is 1.76. The highest BCUT2D eigenvalue weighted by molar-refractivity contribution is 5.85. The smallest absolute Gasteiger partial charge is 0.240 e. The molecule has 1 fully saturated rings. The minimum atomic E-state index is -0.971. The Bertz CT molecular complexity index is 266. The van der Waals surface area contributed by atoms with Gasteiger partial charge in [0.1, 0.15) is 5.41 Å². The van der Waals surface area contributed by atoms with Gasteiger partial charge in [-0.15, -0.1) is 0 Å². The van der Waals surface area contributed by atoms with Crippen LogP contribution in [0.25, 0.3) is 0 Å². The second-order valence-corrected chi connectivity index (χ2v) is 3.86. The fourth-order valence-corrected chi connectivity index (χ4v) is 1.52. The molecular weight excluding hydrogens is 196 g/mol. The van der Waals surface area contributed by atoms with Gasteiger partial charge in [-0.1, -0.05) is 0 Å². The van der Waals surface area contributed by atoms with Crippen LogP contribution >= 0.6 is 0 Å². The van der Waals surface area contributed by atoms with Gasteiger partial charge in [-0.25, -0.2) is 0 Å². The van der Waals surface area contributed by atoms with Crippen molar-refractivity contribution in [1.29, 1.82) is 5.26 Å². The van der Waals surface area contributed by atoms with E-state index in [0.717, 1.165) is 0 Å². The monoisotopic (exact) mass is 212 g/mol. The number of nitriles is 1. The molecule has 0 aromatic heterocycles. The summed E-state index contributed by atoms with van der Waals surface area (Å²) < 4.78 is 5.13. The van der Waals surface area contributed by atoms with Crippen LogP contribution in [0.5, 0.6) is 0 Å². The number of rotatable bonds is 3. The van der Waals surface area contributed by atoms with Gasteiger partial charge in [0.2, 0.25) is 5.91 Å². The fraction of sp³-hybridized carbons (Fsp3) is 0.800. The zero-order valence-corrected chi connectivity index (χ0v) is 8.82. The molecule has 0 spiro atoms. The maximum Gasteiger partial charge on any atom is 0.240 e. The second kappa shape index (κ2) is 5.10. The van der Waals surface area contributed by atoms with Crippen LogP contribution in [0.2, 0.25) is 0 Å². The molecule has 0 bridgehead atoms. The highest BCUT2D eigenvalue weighted by Gasteiger charge is 2.40. The Morgan fingerprint density at radius 2 is 2.27 bits per heavy atom. The maximum atomic E-state index is 11.8. The lowest BCUT2D eigenvalue weighted by Gasteiger charge is -2.30. The van der Waals surface area contributed by atoms with Gasteiger partial charge < -0.3 is 15.2 Å². The van der Waals surface area contributed by atoms with Gasteiger partial charge >= 0.3 is 0 Å². The maximum absolute atomic E-state index is 11.8. The van der Waals surface area contributed by atoms with Gasteiger partial charge in [0.25, 0.3) is 0 Å². The first kappa shape index (κ1) is 12.0. The second-order valence-electron chi connectivity index (χ2n) is 3.86. The van der Waals surface area contributed by atoms with Crippen LogP contribution in [0.1, 0.15) is 19.8 Å². The molecular formula is C10H16N2O3. The summed E-state index contributed by atoms with van der Waals surface area (Å²) >= 11 is 0. The zero-order valence-electron chi connectivity index (χ0n) is 8.82. The number of nitrogens with one attached hydrogen (secondary N) is 1. The molecule has 1 aliphatic heterocycles. The van der Waals surface area contributed by atoms with Gasteiger partial charge in [-0.3, -0.25) is 4.79 Å². The topological polar surface area (TPSA) is 82.4 Å². The lowest BCUT2D eigenvalue weighted by Crippen LogP contribution is -2.47. The number of aliphatic hydroxyl groups is 1. The van der Waals surface area contributed by atoms with E-state index in [-0.39, 0.29) is 18.6 Å². The van der Waals surface area contributed by atoms with E-state index in [1.807, 2.05) is 0 Å². The summed E-state index contributed by atoms with van der Waals surface area (Å²) in [6.07, 6.45) is 0.848. The normalized spacial score (nSPS) is 21.4. The number of aliphatic hydroxyl groups excluding tert-OH is 1. The van der Waals surface area contributed by atoms with Crippen LogP contribution < -0.4 is 5.32 Å². The van der Waals surface area contributed by atoms with Crippen LogP contribution in [0, 0.1) is 16.7 Å². The van der Waals surface area contributed by atoms with Crippen molar-refractivity contribution in [3.05, 3.63) is 0 Å². The van der Waals surface area contributed by atoms with Crippen molar-refractivity contribution < 1.29 is 14.6 Å². The number of amides is 1. The summed E-state index contributed by atoms with van der Waals surface area (Å²) in [5.74, 6) is -0.296. The zero-order chi connectivity index (χ0) is 11.3. The number of hydrogen-bond acceptors (Lipinski definition) is 4. The quantitative estimate of drug-likeness (QED) is 0.679. The van der Waals surface area contributed by atoms with E-state index in [1.165, 1.54) is 0 Å². The minimum absolute atomic E-state index is 0.121. The first-order chi connectivity index (χ1) is 7.14. The van der Waals surface area contributed by atoms with Crippen LogP contribution in [0.3, 0.4) is 0 Å². The Labute approximate surface area is 89.0 Å². The largest absolute Gasteiger partial charge is 0.394 e. The summed E-state index contributed by atoms with van der Waals surface area (Å²) in [5, 5.41) is 20.5. The number of hydrogen-bond donors (Lipinski definition) is 2. The van der Waals surface area contributed by atoms with Gasteiger partial charge in [-0.2, -0.15) is 5.26 Å². The van der Waals surface area contributed by atoms with Gasteiger partial charge in [0.15, 0.2) is 0 Å². The number of ether oxygens (including phenoxy) is 1. The predicted molar refractivity (Wildman–Crippen MR) is 52.8 cm³/mol. The van der Waals surface area contributed by atoms with Gasteiger partial charge in [-0.05, 0) is 19.8 Å². The van der Waals surface area contributed by atoms with Crippen LogP contribution in [0.15, 0.2) is 0 Å². The molecule has 1 atom stereocenters. The van der Waals surface area contributed by atoms with E-state index in [0.29, 0.717) is 26.1 Å². The van der Waals surface area contributed by atoms with Crippen LogP contribution in [-0.2, 0) is 9.53 Å². The highest BCUT2D eigenvalue weighted by Crippen LogP contribution is 2.29. The number of carbonyl (C=O) groups excluding carboxylic acids is 1. The van der Waals surface area contributed by atoms with Crippen molar-refractivity contribution in [2.75, 3.05) is 19.8 Å². The molecule has 1 rings (SSSR count). The standard InChI is InChI=1S/C10H16N2O3/c1-8(6-13)12-9(14)10(7-11)2-4-15-5-3-10/h8,13H,2-6H2,1H3,(H,12,14)/t8-/m1/s1. The SMILES string of the molecule is C[C@H](CO)NC(=O)C1(C#N)CCOCC1. The van der Waals surface area contributed by atoms with E-state index in [4.69, 9.17) is 15.1 Å². The van der Waals surface area contributed by atoms with Crippen molar-refractivity contribution in [3.63, 3.8) is 0 Å². The molecule has 15 heavy (non-hydrogen) atoms.